The molecule has 8 heteroatoms. The SMILES string of the molecule is CCCCN1C(=O)/C(=C/c2c(C)c(C#N)c(=O)n(CC)c2N2CCCC(C)C2)SC1=S. The predicted molar refractivity (Wildman–Crippen MR) is 131 cm³/mol. The Hall–Kier alpha value is -2.11. The minimum absolute atomic E-state index is 0.0893. The molecule has 1 aromatic rings. The number of hydrogen-bond acceptors (Lipinski definition) is 6. The van der Waals surface area contributed by atoms with Crippen LogP contribution in [0.4, 0.5) is 5.82 Å². The van der Waals surface area contributed by atoms with Gasteiger partial charge in [0.2, 0.25) is 0 Å². The number of carbonyl (C=O) groups is 1. The van der Waals surface area contributed by atoms with Gasteiger partial charge in [-0.2, -0.15) is 5.26 Å². The van der Waals surface area contributed by atoms with Crippen LogP contribution in [0.5, 0.6) is 0 Å². The van der Waals surface area contributed by atoms with Crippen molar-refractivity contribution in [1.82, 2.24) is 9.47 Å². The van der Waals surface area contributed by atoms with E-state index in [-0.39, 0.29) is 17.0 Å². The topological polar surface area (TPSA) is 69.3 Å². The number of amides is 1. The number of anilines is 1. The number of nitriles is 1. The number of piperidine rings is 1. The van der Waals surface area contributed by atoms with Gasteiger partial charge in [0.05, 0.1) is 4.91 Å². The predicted octanol–water partition coefficient (Wildman–Crippen LogP) is 4.29. The first-order valence-corrected chi connectivity index (χ1v) is 12.2. The lowest BCUT2D eigenvalue weighted by atomic mass is 9.98. The lowest BCUT2D eigenvalue weighted by Crippen LogP contribution is -2.40. The molecule has 1 unspecified atom stereocenters. The molecule has 166 valence electrons. The molecule has 0 N–H and O–H groups in total. The number of thioether (sulfide) groups is 1. The fraction of sp³-hybridized carbons (Fsp3) is 0.565. The highest BCUT2D eigenvalue weighted by Crippen LogP contribution is 2.36. The van der Waals surface area contributed by atoms with Crippen LogP contribution in [0.3, 0.4) is 0 Å². The van der Waals surface area contributed by atoms with Gasteiger partial charge in [-0.25, -0.2) is 0 Å². The van der Waals surface area contributed by atoms with Crippen molar-refractivity contribution in [2.24, 2.45) is 5.92 Å². The van der Waals surface area contributed by atoms with E-state index < -0.39 is 0 Å². The van der Waals surface area contributed by atoms with Gasteiger partial charge in [0.25, 0.3) is 11.5 Å². The third-order valence-electron chi connectivity index (χ3n) is 6.00. The molecule has 6 nitrogen and oxygen atoms in total. The quantitative estimate of drug-likeness (QED) is 0.468. The van der Waals surface area contributed by atoms with E-state index in [1.807, 2.05) is 13.0 Å². The fourth-order valence-electron chi connectivity index (χ4n) is 4.30. The highest BCUT2D eigenvalue weighted by molar-refractivity contribution is 8.26. The van der Waals surface area contributed by atoms with Crippen LogP contribution in [0.1, 0.15) is 63.1 Å². The van der Waals surface area contributed by atoms with Gasteiger partial charge in [0.1, 0.15) is 21.8 Å². The van der Waals surface area contributed by atoms with Crippen LogP contribution >= 0.6 is 24.0 Å². The first-order chi connectivity index (χ1) is 14.8. The summed E-state index contributed by atoms with van der Waals surface area (Å²) in [5.41, 5.74) is 1.29. The molecule has 0 aromatic carbocycles. The van der Waals surface area contributed by atoms with E-state index in [4.69, 9.17) is 12.2 Å². The molecule has 3 heterocycles. The molecule has 2 aliphatic heterocycles. The molecular formula is C23H30N4O2S2. The van der Waals surface area contributed by atoms with Crippen LogP contribution in [0.25, 0.3) is 6.08 Å². The Labute approximate surface area is 193 Å². The lowest BCUT2D eigenvalue weighted by molar-refractivity contribution is -0.122. The lowest BCUT2D eigenvalue weighted by Gasteiger charge is -2.35. The van der Waals surface area contributed by atoms with Gasteiger partial charge in [0.15, 0.2) is 0 Å². The smallest absolute Gasteiger partial charge is 0.270 e. The summed E-state index contributed by atoms with van der Waals surface area (Å²) in [4.78, 5) is 30.6. The largest absolute Gasteiger partial charge is 0.357 e. The van der Waals surface area contributed by atoms with Gasteiger partial charge in [-0.05, 0) is 50.7 Å². The summed E-state index contributed by atoms with van der Waals surface area (Å²) in [5, 5.41) is 9.68. The minimum atomic E-state index is -0.261. The van der Waals surface area contributed by atoms with Gasteiger partial charge < -0.3 is 4.90 Å². The first kappa shape index (κ1) is 23.6. The monoisotopic (exact) mass is 458 g/mol. The average molecular weight is 459 g/mol. The van der Waals surface area contributed by atoms with Gasteiger partial charge in [0, 0.05) is 31.7 Å². The van der Waals surface area contributed by atoms with Crippen molar-refractivity contribution < 1.29 is 4.79 Å². The van der Waals surface area contributed by atoms with Gasteiger partial charge in [-0.15, -0.1) is 0 Å². The minimum Gasteiger partial charge on any atom is -0.357 e. The second kappa shape index (κ2) is 10.0. The number of thiocarbonyl (C=S) groups is 1. The summed E-state index contributed by atoms with van der Waals surface area (Å²) in [6, 6.07) is 2.09. The van der Waals surface area contributed by atoms with E-state index in [0.29, 0.717) is 33.8 Å². The maximum Gasteiger partial charge on any atom is 0.270 e. The molecule has 1 aromatic heterocycles. The zero-order valence-electron chi connectivity index (χ0n) is 18.7. The Morgan fingerprint density at radius 3 is 2.68 bits per heavy atom. The average Bonchev–Trinajstić information content (AvgIpc) is 3.01. The van der Waals surface area contributed by atoms with Crippen LogP contribution in [-0.2, 0) is 11.3 Å². The molecule has 1 amide bonds. The van der Waals surface area contributed by atoms with Crippen LogP contribution in [0, 0.1) is 24.2 Å². The molecular weight excluding hydrogens is 428 g/mol. The second-order valence-electron chi connectivity index (χ2n) is 8.28. The Balaban J connectivity index is 2.18. The van der Waals surface area contributed by atoms with Crippen molar-refractivity contribution in [3.05, 3.63) is 31.9 Å². The Morgan fingerprint density at radius 1 is 1.32 bits per heavy atom. The van der Waals surface area contributed by atoms with Crippen LogP contribution in [0.15, 0.2) is 9.70 Å². The van der Waals surface area contributed by atoms with E-state index in [1.165, 1.54) is 11.8 Å². The number of pyridine rings is 1. The highest BCUT2D eigenvalue weighted by Gasteiger charge is 2.33. The van der Waals surface area contributed by atoms with Crippen molar-refractivity contribution >= 4 is 46.1 Å². The van der Waals surface area contributed by atoms with Gasteiger partial charge in [-0.1, -0.05) is 44.2 Å². The molecule has 0 bridgehead atoms. The molecule has 2 fully saturated rings. The number of aromatic nitrogens is 1. The fourth-order valence-corrected chi connectivity index (χ4v) is 5.59. The Morgan fingerprint density at radius 2 is 2.06 bits per heavy atom. The van der Waals surface area contributed by atoms with Crippen LogP contribution in [0.2, 0.25) is 0 Å². The van der Waals surface area contributed by atoms with E-state index in [1.54, 1.807) is 16.4 Å². The number of carbonyl (C=O) groups excluding carboxylic acids is 1. The second-order valence-corrected chi connectivity index (χ2v) is 9.95. The molecule has 2 aliphatic rings. The maximum atomic E-state index is 13.1. The van der Waals surface area contributed by atoms with Crippen molar-refractivity contribution in [2.75, 3.05) is 24.5 Å². The number of rotatable bonds is 6. The number of unbranched alkanes of at least 4 members (excludes halogenated alkanes) is 1. The zero-order chi connectivity index (χ0) is 22.7. The standard InChI is InChI=1S/C23H30N4O2S2/c1-5-7-11-27-22(29)19(31-23(27)30)12-17-16(4)18(13-24)21(28)26(6-2)20(17)25-10-8-9-15(3)14-25/h12,15H,5-11,14H2,1-4H3/b19-12-. The summed E-state index contributed by atoms with van der Waals surface area (Å²) in [6.07, 6.45) is 5.94. The summed E-state index contributed by atoms with van der Waals surface area (Å²) in [6.45, 7) is 10.8. The first-order valence-electron chi connectivity index (χ1n) is 11.0. The van der Waals surface area contributed by atoms with Crippen molar-refractivity contribution in [3.63, 3.8) is 0 Å². The molecule has 2 saturated heterocycles. The van der Waals surface area contributed by atoms with Crippen LogP contribution in [-0.4, -0.2) is 39.3 Å². The van der Waals surface area contributed by atoms with E-state index >= 15 is 0 Å². The van der Waals surface area contributed by atoms with Crippen molar-refractivity contribution in [3.8, 4) is 6.07 Å². The molecule has 0 spiro atoms. The van der Waals surface area contributed by atoms with Gasteiger partial charge in [-0.3, -0.25) is 19.1 Å². The molecule has 0 saturated carbocycles. The van der Waals surface area contributed by atoms with Crippen molar-refractivity contribution in [1.29, 1.82) is 5.26 Å². The third-order valence-corrected chi connectivity index (χ3v) is 7.38. The number of nitrogens with zero attached hydrogens (tertiary/aromatic N) is 4. The third kappa shape index (κ3) is 4.58. The van der Waals surface area contributed by atoms with E-state index in [0.717, 1.165) is 50.2 Å². The molecule has 3 rings (SSSR count). The number of hydrogen-bond donors (Lipinski definition) is 0. The Kier molecular flexibility index (Phi) is 7.60. The van der Waals surface area contributed by atoms with Crippen LogP contribution < -0.4 is 10.5 Å². The van der Waals surface area contributed by atoms with E-state index in [2.05, 4.69) is 24.8 Å². The summed E-state index contributed by atoms with van der Waals surface area (Å²) >= 11 is 6.76. The normalized spacial score (nSPS) is 20.6. The maximum absolute atomic E-state index is 13.1. The summed E-state index contributed by atoms with van der Waals surface area (Å²) in [5.74, 6) is 1.24. The summed E-state index contributed by atoms with van der Waals surface area (Å²) in [7, 11) is 0. The van der Waals surface area contributed by atoms with Gasteiger partial charge >= 0.3 is 0 Å². The molecule has 1 atom stereocenters. The highest BCUT2D eigenvalue weighted by atomic mass is 32.2. The molecule has 0 radical (unpaired) electrons. The zero-order valence-corrected chi connectivity index (χ0v) is 20.4. The molecule has 31 heavy (non-hydrogen) atoms. The summed E-state index contributed by atoms with van der Waals surface area (Å²) < 4.78 is 2.26. The molecule has 0 aliphatic carbocycles. The van der Waals surface area contributed by atoms with Crippen molar-refractivity contribution in [2.45, 2.75) is 59.9 Å². The Bertz CT molecular complexity index is 1020. The van der Waals surface area contributed by atoms with E-state index in [9.17, 15) is 14.9 Å².